The van der Waals surface area contributed by atoms with Crippen molar-refractivity contribution in [3.63, 3.8) is 0 Å². The van der Waals surface area contributed by atoms with Gasteiger partial charge in [-0.25, -0.2) is 4.98 Å². The first-order valence-electron chi connectivity index (χ1n) is 18.9. The monoisotopic (exact) mass is 681 g/mol. The summed E-state index contributed by atoms with van der Waals surface area (Å²) in [6, 6.07) is 27.5. The SMILES string of the molecule is C=C1CC2c3cc(C)ccc3-c3cc(C)c(C)c[n+]3C2CCc2ccc3c(oc4nc(-c5c(C)cccc5C)ccc43)c2-c2cc(CC)c(C)c[n+]21. The fourth-order valence-corrected chi connectivity index (χ4v) is 9.27. The first-order valence-corrected chi connectivity index (χ1v) is 18.9. The summed E-state index contributed by atoms with van der Waals surface area (Å²) in [6.07, 6.45) is 8.47. The van der Waals surface area contributed by atoms with Crippen LogP contribution in [0.25, 0.3) is 61.5 Å². The first-order chi connectivity index (χ1) is 25.1. The Hall–Kier alpha value is -5.35. The van der Waals surface area contributed by atoms with Crippen molar-refractivity contribution in [1.82, 2.24) is 4.98 Å². The summed E-state index contributed by atoms with van der Waals surface area (Å²) < 4.78 is 11.9. The van der Waals surface area contributed by atoms with Crippen molar-refractivity contribution in [2.45, 2.75) is 86.1 Å². The summed E-state index contributed by atoms with van der Waals surface area (Å²) in [4.78, 5) is 5.18. The van der Waals surface area contributed by atoms with Crippen molar-refractivity contribution >= 4 is 27.8 Å². The molecule has 4 nitrogen and oxygen atoms in total. The number of hydrogen-bond donors (Lipinski definition) is 0. The maximum atomic E-state index is 6.95. The molecule has 6 heterocycles. The van der Waals surface area contributed by atoms with Crippen molar-refractivity contribution in [2.75, 3.05) is 0 Å². The second-order valence-corrected chi connectivity index (χ2v) is 15.5. The molecule has 0 saturated carbocycles. The molecular weight excluding hydrogens is 635 g/mol. The van der Waals surface area contributed by atoms with E-state index < -0.39 is 0 Å². The van der Waals surface area contributed by atoms with E-state index in [-0.39, 0.29) is 12.0 Å². The number of pyridine rings is 3. The minimum absolute atomic E-state index is 0.277. The molecule has 0 aliphatic carbocycles. The standard InChI is InChI=1S/C48H47N3O/c1-9-34-24-44-46-35(14-17-37-38-18-19-41(49-48(38)52-47(37)46)45-28(3)11-10-12-29(45)4)15-20-42-40(23-33(8)50(44)26-32(34)7)39-21-27(2)13-16-36(39)43-22-30(5)31(6)25-51(42)43/h10-14,16-19,21-22,24-26,40,42H,8-9,15,20,23H2,1-7H3/q+2. The quantitative estimate of drug-likeness (QED) is 0.170. The molecule has 2 unspecified atom stereocenters. The second kappa shape index (κ2) is 12.1. The van der Waals surface area contributed by atoms with Gasteiger partial charge in [0.2, 0.25) is 17.1 Å². The Balaban J connectivity index is 1.29. The third kappa shape index (κ3) is 4.98. The van der Waals surface area contributed by atoms with E-state index in [1.54, 1.807) is 0 Å². The lowest BCUT2D eigenvalue weighted by Gasteiger charge is -2.32. The topological polar surface area (TPSA) is 33.8 Å². The predicted molar refractivity (Wildman–Crippen MR) is 213 cm³/mol. The van der Waals surface area contributed by atoms with Crippen LogP contribution in [0.2, 0.25) is 0 Å². The average molecular weight is 682 g/mol. The van der Waals surface area contributed by atoms with Gasteiger partial charge in [0.15, 0.2) is 29.7 Å². The molecule has 0 spiro atoms. The third-order valence-corrected chi connectivity index (χ3v) is 12.2. The van der Waals surface area contributed by atoms with E-state index in [0.29, 0.717) is 5.71 Å². The molecule has 2 aliphatic heterocycles. The third-order valence-electron chi connectivity index (χ3n) is 12.2. The van der Waals surface area contributed by atoms with E-state index in [0.717, 1.165) is 64.7 Å². The molecule has 0 amide bonds. The number of nitrogens with zero attached hydrogens (tertiary/aromatic N) is 3. The van der Waals surface area contributed by atoms with Gasteiger partial charge in [0.25, 0.3) is 0 Å². The van der Waals surface area contributed by atoms with Gasteiger partial charge in [-0.2, -0.15) is 9.13 Å². The van der Waals surface area contributed by atoms with Crippen LogP contribution >= 0.6 is 0 Å². The van der Waals surface area contributed by atoms with Crippen LogP contribution in [0.3, 0.4) is 0 Å². The van der Waals surface area contributed by atoms with Crippen molar-refractivity contribution in [3.8, 4) is 33.8 Å². The van der Waals surface area contributed by atoms with Gasteiger partial charge in [-0.3, -0.25) is 0 Å². The molecule has 258 valence electrons. The molecule has 0 saturated heterocycles. The molecule has 0 radical (unpaired) electrons. The lowest BCUT2D eigenvalue weighted by molar-refractivity contribution is -0.719. The van der Waals surface area contributed by atoms with Gasteiger partial charge in [-0.1, -0.05) is 55.0 Å². The molecule has 0 bridgehead atoms. The lowest BCUT2D eigenvalue weighted by Crippen LogP contribution is -2.49. The number of aryl methyl sites for hydroxylation is 8. The number of fused-ring (bicyclic) bond motifs is 13. The van der Waals surface area contributed by atoms with E-state index in [2.05, 4.69) is 143 Å². The summed E-state index contributed by atoms with van der Waals surface area (Å²) >= 11 is 0. The van der Waals surface area contributed by atoms with Crippen LogP contribution in [-0.4, -0.2) is 4.98 Å². The normalized spacial score (nSPS) is 16.6. The molecule has 0 N–H and O–H groups in total. The Morgan fingerprint density at radius 2 is 1.56 bits per heavy atom. The van der Waals surface area contributed by atoms with Crippen LogP contribution in [0, 0.1) is 41.5 Å². The minimum atomic E-state index is 0.277. The largest absolute Gasteiger partial charge is 0.437 e. The van der Waals surface area contributed by atoms with Crippen LogP contribution in [0.1, 0.15) is 81.8 Å². The predicted octanol–water partition coefficient (Wildman–Crippen LogP) is 11.1. The first kappa shape index (κ1) is 32.6. The maximum absolute atomic E-state index is 6.95. The van der Waals surface area contributed by atoms with Gasteiger partial charge in [0, 0.05) is 58.0 Å². The van der Waals surface area contributed by atoms with Gasteiger partial charge in [-0.05, 0) is 113 Å². The number of benzene rings is 3. The number of furan rings is 1. The number of rotatable bonds is 2. The van der Waals surface area contributed by atoms with Crippen LogP contribution in [0.5, 0.6) is 0 Å². The van der Waals surface area contributed by atoms with Gasteiger partial charge in [0.1, 0.15) is 0 Å². The maximum Gasteiger partial charge on any atom is 0.227 e. The van der Waals surface area contributed by atoms with E-state index in [1.165, 1.54) is 66.9 Å². The second-order valence-electron chi connectivity index (χ2n) is 15.5. The van der Waals surface area contributed by atoms with E-state index in [1.807, 2.05) is 0 Å². The number of aromatic nitrogens is 3. The van der Waals surface area contributed by atoms with Crippen LogP contribution in [0.15, 0.2) is 96.2 Å². The molecule has 4 aromatic heterocycles. The fourth-order valence-electron chi connectivity index (χ4n) is 9.27. The van der Waals surface area contributed by atoms with E-state index in [9.17, 15) is 0 Å². The van der Waals surface area contributed by atoms with Crippen LogP contribution in [-0.2, 0) is 12.8 Å². The smallest absolute Gasteiger partial charge is 0.227 e. The minimum Gasteiger partial charge on any atom is -0.437 e. The summed E-state index contributed by atoms with van der Waals surface area (Å²) in [5, 5.41) is 2.15. The van der Waals surface area contributed by atoms with Crippen molar-refractivity contribution in [2.24, 2.45) is 0 Å². The Morgan fingerprint density at radius 1 is 0.769 bits per heavy atom. The highest BCUT2D eigenvalue weighted by molar-refractivity contribution is 6.09. The molecule has 2 aliphatic rings. The molecular formula is C48H47N3O+2. The molecule has 9 rings (SSSR count). The van der Waals surface area contributed by atoms with Crippen molar-refractivity contribution in [3.05, 3.63) is 142 Å². The zero-order chi connectivity index (χ0) is 36.0. The highest BCUT2D eigenvalue weighted by atomic mass is 16.3. The van der Waals surface area contributed by atoms with Gasteiger partial charge in [0.05, 0.1) is 17.2 Å². The van der Waals surface area contributed by atoms with Gasteiger partial charge >= 0.3 is 0 Å². The Morgan fingerprint density at radius 3 is 2.35 bits per heavy atom. The molecule has 2 atom stereocenters. The van der Waals surface area contributed by atoms with Crippen molar-refractivity contribution in [1.29, 1.82) is 0 Å². The number of allylic oxidation sites excluding steroid dienone is 1. The Bertz CT molecular complexity index is 2620. The molecule has 3 aromatic carbocycles. The Labute approximate surface area is 307 Å². The Kier molecular flexibility index (Phi) is 7.59. The van der Waals surface area contributed by atoms with Gasteiger partial charge < -0.3 is 4.42 Å². The van der Waals surface area contributed by atoms with E-state index >= 15 is 0 Å². The fraction of sp³-hybridized carbons (Fsp3) is 0.271. The zero-order valence-corrected chi connectivity index (χ0v) is 31.5. The van der Waals surface area contributed by atoms with Crippen LogP contribution < -0.4 is 9.13 Å². The molecule has 4 heteroatoms. The van der Waals surface area contributed by atoms with E-state index in [4.69, 9.17) is 16.0 Å². The summed E-state index contributed by atoms with van der Waals surface area (Å²) in [5.74, 6) is 0.289. The molecule has 7 aromatic rings. The zero-order valence-electron chi connectivity index (χ0n) is 31.5. The highest BCUT2D eigenvalue weighted by Crippen LogP contribution is 2.46. The molecule has 0 fully saturated rings. The van der Waals surface area contributed by atoms with Gasteiger partial charge in [-0.15, -0.1) is 0 Å². The summed E-state index contributed by atoms with van der Waals surface area (Å²) in [6.45, 7) is 20.4. The lowest BCUT2D eigenvalue weighted by atomic mass is 9.77. The summed E-state index contributed by atoms with van der Waals surface area (Å²) in [5.41, 5.74) is 21.6. The number of hydrogen-bond acceptors (Lipinski definition) is 2. The van der Waals surface area contributed by atoms with Crippen molar-refractivity contribution < 1.29 is 13.6 Å². The highest BCUT2D eigenvalue weighted by Gasteiger charge is 2.43. The van der Waals surface area contributed by atoms with Crippen LogP contribution in [0.4, 0.5) is 0 Å². The molecule has 52 heavy (non-hydrogen) atoms. The average Bonchev–Trinajstić information content (AvgIpc) is 3.49. The summed E-state index contributed by atoms with van der Waals surface area (Å²) in [7, 11) is 0.